The number of alkyl halides is 1. The van der Waals surface area contributed by atoms with E-state index in [1.807, 2.05) is 0 Å². The Morgan fingerprint density at radius 2 is 1.81 bits per heavy atom. The van der Waals surface area contributed by atoms with Crippen LogP contribution >= 0.6 is 15.9 Å². The molecule has 0 atom stereocenters. The van der Waals surface area contributed by atoms with Crippen LogP contribution in [0.15, 0.2) is 42.5 Å². The van der Waals surface area contributed by atoms with Crippen LogP contribution in [-0.2, 0) is 0 Å². The number of hydrogen-bond donors (Lipinski definition) is 0. The maximum Gasteiger partial charge on any atom is 0.00660 e. The van der Waals surface area contributed by atoms with E-state index in [1.165, 1.54) is 21.9 Å². The van der Waals surface area contributed by atoms with E-state index >= 15 is 0 Å². The first-order valence-electron chi connectivity index (χ1n) is 5.54. The zero-order valence-electron chi connectivity index (χ0n) is 9.41. The van der Waals surface area contributed by atoms with Gasteiger partial charge in [-0.15, -0.1) is 0 Å². The van der Waals surface area contributed by atoms with Gasteiger partial charge in [0.2, 0.25) is 0 Å². The van der Waals surface area contributed by atoms with Gasteiger partial charge in [-0.3, -0.25) is 0 Å². The van der Waals surface area contributed by atoms with E-state index in [-0.39, 0.29) is 0 Å². The van der Waals surface area contributed by atoms with E-state index in [1.54, 1.807) is 0 Å². The molecule has 2 aromatic carbocycles. The molecule has 0 aliphatic rings. The van der Waals surface area contributed by atoms with Crippen LogP contribution in [0.5, 0.6) is 0 Å². The van der Waals surface area contributed by atoms with Crippen LogP contribution < -0.4 is 0 Å². The average Bonchev–Trinajstić information content (AvgIpc) is 2.33. The molecule has 0 heterocycles. The number of aryl methyl sites for hydroxylation is 1. The van der Waals surface area contributed by atoms with Crippen molar-refractivity contribution in [3.05, 3.63) is 53.6 Å². The molecule has 0 saturated carbocycles. The maximum atomic E-state index is 3.43. The number of fused-ring (bicyclic) bond motifs is 1. The Labute approximate surface area is 105 Å². The first kappa shape index (κ1) is 11.4. The number of hydrogen-bond acceptors (Lipinski definition) is 0. The smallest absolute Gasteiger partial charge is 0.00660 e. The average molecular weight is 275 g/mol. The second-order valence-electron chi connectivity index (χ2n) is 3.90. The summed E-state index contributed by atoms with van der Waals surface area (Å²) in [5, 5.41) is 3.71. The van der Waals surface area contributed by atoms with Crippen LogP contribution in [0, 0.1) is 6.92 Å². The van der Waals surface area contributed by atoms with Gasteiger partial charge in [-0.05, 0) is 35.2 Å². The predicted molar refractivity (Wildman–Crippen MR) is 76.1 cm³/mol. The zero-order chi connectivity index (χ0) is 11.4. The monoisotopic (exact) mass is 274 g/mol. The normalized spacial score (nSPS) is 11.4. The van der Waals surface area contributed by atoms with Gasteiger partial charge in [-0.25, -0.2) is 0 Å². The third kappa shape index (κ3) is 2.35. The molecule has 0 nitrogen and oxygen atoms in total. The van der Waals surface area contributed by atoms with Gasteiger partial charge in [0.15, 0.2) is 0 Å². The van der Waals surface area contributed by atoms with Crippen molar-refractivity contribution in [3.8, 4) is 0 Å². The third-order valence-electron chi connectivity index (χ3n) is 2.75. The summed E-state index contributed by atoms with van der Waals surface area (Å²) < 4.78 is 0. The molecular formula is C15H15Br. The lowest BCUT2D eigenvalue weighted by atomic mass is 10.00. The quantitative estimate of drug-likeness (QED) is 0.695. The first-order valence-corrected chi connectivity index (χ1v) is 6.66. The van der Waals surface area contributed by atoms with E-state index in [0.717, 1.165) is 11.8 Å². The summed E-state index contributed by atoms with van der Waals surface area (Å²) in [6.07, 6.45) is 5.50. The number of halogens is 1. The van der Waals surface area contributed by atoms with Crippen LogP contribution in [0.25, 0.3) is 16.8 Å². The van der Waals surface area contributed by atoms with E-state index in [2.05, 4.69) is 71.4 Å². The fraction of sp³-hybridized carbons (Fsp3) is 0.200. The molecule has 0 aromatic heterocycles. The highest BCUT2D eigenvalue weighted by Crippen LogP contribution is 2.23. The van der Waals surface area contributed by atoms with Crippen molar-refractivity contribution in [2.75, 3.05) is 5.33 Å². The van der Waals surface area contributed by atoms with Crippen LogP contribution in [0.4, 0.5) is 0 Å². The van der Waals surface area contributed by atoms with Crippen molar-refractivity contribution in [1.29, 1.82) is 0 Å². The molecule has 2 rings (SSSR count). The molecule has 0 aliphatic carbocycles. The lowest BCUT2D eigenvalue weighted by molar-refractivity contribution is 1.27. The molecule has 0 bridgehead atoms. The topological polar surface area (TPSA) is 0 Å². The summed E-state index contributed by atoms with van der Waals surface area (Å²) in [6, 6.07) is 13.0. The standard InChI is InChI=1S/C15H15Br/c1-12-9-10-13(6-4-5-11-16)15-8-3-2-7-14(12)15/h2-4,6-10H,5,11H2,1H3. The molecule has 0 aliphatic heterocycles. The molecule has 1 heteroatoms. The van der Waals surface area contributed by atoms with Crippen molar-refractivity contribution in [1.82, 2.24) is 0 Å². The SMILES string of the molecule is Cc1ccc(C=CCCBr)c2ccccc12. The zero-order valence-corrected chi connectivity index (χ0v) is 11.0. The minimum atomic E-state index is 1.02. The van der Waals surface area contributed by atoms with Crippen LogP contribution in [0.3, 0.4) is 0 Å². The van der Waals surface area contributed by atoms with Gasteiger partial charge >= 0.3 is 0 Å². The highest BCUT2D eigenvalue weighted by atomic mass is 79.9. The van der Waals surface area contributed by atoms with Crippen LogP contribution in [0.2, 0.25) is 0 Å². The van der Waals surface area contributed by atoms with Gasteiger partial charge in [0.05, 0.1) is 0 Å². The lowest BCUT2D eigenvalue weighted by Crippen LogP contribution is -1.82. The fourth-order valence-corrected chi connectivity index (χ4v) is 2.16. The summed E-state index contributed by atoms with van der Waals surface area (Å²) in [7, 11) is 0. The Balaban J connectivity index is 2.50. The number of allylic oxidation sites excluding steroid dienone is 1. The molecule has 0 unspecified atom stereocenters. The molecule has 2 aromatic rings. The Morgan fingerprint density at radius 1 is 1.06 bits per heavy atom. The Bertz CT molecular complexity index is 512. The highest BCUT2D eigenvalue weighted by Gasteiger charge is 1.99. The van der Waals surface area contributed by atoms with E-state index < -0.39 is 0 Å². The Hall–Kier alpha value is -1.08. The molecule has 0 amide bonds. The van der Waals surface area contributed by atoms with E-state index in [9.17, 15) is 0 Å². The summed E-state index contributed by atoms with van der Waals surface area (Å²) in [4.78, 5) is 0. The molecular weight excluding hydrogens is 260 g/mol. The third-order valence-corrected chi connectivity index (χ3v) is 3.21. The molecule has 0 spiro atoms. The summed E-state index contributed by atoms with van der Waals surface area (Å²) in [6.45, 7) is 2.16. The minimum Gasteiger partial charge on any atom is -0.0925 e. The van der Waals surface area contributed by atoms with Crippen molar-refractivity contribution in [3.63, 3.8) is 0 Å². The molecule has 0 radical (unpaired) electrons. The summed E-state index contributed by atoms with van der Waals surface area (Å²) in [5.74, 6) is 0. The van der Waals surface area contributed by atoms with E-state index in [4.69, 9.17) is 0 Å². The summed E-state index contributed by atoms with van der Waals surface area (Å²) >= 11 is 3.43. The van der Waals surface area contributed by atoms with Gasteiger partial charge in [0.1, 0.15) is 0 Å². The minimum absolute atomic E-state index is 1.02. The second kappa shape index (κ2) is 5.31. The fourth-order valence-electron chi connectivity index (χ4n) is 1.89. The van der Waals surface area contributed by atoms with Crippen LogP contribution in [0.1, 0.15) is 17.5 Å². The molecule has 82 valence electrons. The molecule has 16 heavy (non-hydrogen) atoms. The van der Waals surface area contributed by atoms with Crippen molar-refractivity contribution in [2.45, 2.75) is 13.3 Å². The van der Waals surface area contributed by atoms with Crippen LogP contribution in [-0.4, -0.2) is 5.33 Å². The Morgan fingerprint density at radius 3 is 2.56 bits per heavy atom. The lowest BCUT2D eigenvalue weighted by Gasteiger charge is -2.05. The van der Waals surface area contributed by atoms with Gasteiger partial charge in [0.25, 0.3) is 0 Å². The van der Waals surface area contributed by atoms with Crippen molar-refractivity contribution >= 4 is 32.8 Å². The van der Waals surface area contributed by atoms with E-state index in [0.29, 0.717) is 0 Å². The maximum absolute atomic E-state index is 3.43. The molecule has 0 saturated heterocycles. The second-order valence-corrected chi connectivity index (χ2v) is 4.69. The number of benzene rings is 2. The first-order chi connectivity index (χ1) is 7.83. The Kier molecular flexibility index (Phi) is 3.79. The van der Waals surface area contributed by atoms with Gasteiger partial charge in [-0.2, -0.15) is 0 Å². The summed E-state index contributed by atoms with van der Waals surface area (Å²) in [5.41, 5.74) is 2.65. The van der Waals surface area contributed by atoms with Gasteiger partial charge < -0.3 is 0 Å². The van der Waals surface area contributed by atoms with Crippen molar-refractivity contribution < 1.29 is 0 Å². The predicted octanol–water partition coefficient (Wildman–Crippen LogP) is 4.95. The van der Waals surface area contributed by atoms with Gasteiger partial charge in [0, 0.05) is 5.33 Å². The van der Waals surface area contributed by atoms with Gasteiger partial charge in [-0.1, -0.05) is 64.5 Å². The van der Waals surface area contributed by atoms with Crippen molar-refractivity contribution in [2.24, 2.45) is 0 Å². The molecule has 0 N–H and O–H groups in total. The largest absolute Gasteiger partial charge is 0.0925 e. The molecule has 0 fully saturated rings. The number of rotatable bonds is 3. The highest BCUT2D eigenvalue weighted by molar-refractivity contribution is 9.09.